The minimum atomic E-state index is -3.28. The van der Waals surface area contributed by atoms with Gasteiger partial charge in [0, 0.05) is 12.0 Å². The van der Waals surface area contributed by atoms with Gasteiger partial charge in [-0.05, 0) is 0 Å². The number of hydrogen-bond acceptors (Lipinski definition) is 2. The highest BCUT2D eigenvalue weighted by Crippen LogP contribution is 2.29. The van der Waals surface area contributed by atoms with Crippen LogP contribution in [-0.2, 0) is 10.5 Å². The first-order chi connectivity index (χ1) is 7.49. The third-order valence-corrected chi connectivity index (χ3v) is 2.21. The molecule has 1 aromatic rings. The van der Waals surface area contributed by atoms with Gasteiger partial charge in [0.15, 0.2) is 5.79 Å². The quantitative estimate of drug-likeness (QED) is 0.833. The van der Waals surface area contributed by atoms with Crippen LogP contribution >= 0.6 is 12.4 Å². The van der Waals surface area contributed by atoms with E-state index < -0.39 is 18.6 Å². The molecule has 0 aliphatic carbocycles. The number of halogens is 4. The molecule has 0 spiro atoms. The van der Waals surface area contributed by atoms with Gasteiger partial charge in [0.05, 0.1) is 0 Å². The minimum absolute atomic E-state index is 0. The molecule has 0 aliphatic rings. The molecule has 1 N–H and O–H groups in total. The molecule has 0 aliphatic heterocycles. The molecule has 2 unspecified atom stereocenters. The Kier molecular flexibility index (Phi) is 6.52. The van der Waals surface area contributed by atoms with E-state index in [0.717, 1.165) is 0 Å². The molecule has 0 fully saturated rings. The Balaban J connectivity index is 0.00000256. The Labute approximate surface area is 104 Å². The zero-order valence-electron chi connectivity index (χ0n) is 9.15. The highest BCUT2D eigenvalue weighted by molar-refractivity contribution is 5.85. The van der Waals surface area contributed by atoms with Crippen LogP contribution in [0.4, 0.5) is 13.2 Å². The van der Waals surface area contributed by atoms with Crippen LogP contribution in [0.2, 0.25) is 0 Å². The summed E-state index contributed by atoms with van der Waals surface area (Å²) in [7, 11) is 0. The minimum Gasteiger partial charge on any atom is -0.362 e. The van der Waals surface area contributed by atoms with Gasteiger partial charge in [0.25, 0.3) is 12.8 Å². The van der Waals surface area contributed by atoms with Gasteiger partial charge in [-0.3, -0.25) is 0 Å². The van der Waals surface area contributed by atoms with Crippen LogP contribution in [0.25, 0.3) is 0 Å². The summed E-state index contributed by atoms with van der Waals surface area (Å²) >= 11 is 0. The summed E-state index contributed by atoms with van der Waals surface area (Å²) in [5.41, 5.74) is 0.251. The molecule has 0 aromatic heterocycles. The Morgan fingerprint density at radius 2 is 1.76 bits per heavy atom. The van der Waals surface area contributed by atoms with Crippen LogP contribution in [-0.4, -0.2) is 17.9 Å². The third kappa shape index (κ3) is 4.18. The molecule has 0 amide bonds. The Hall–Kier alpha value is -0.780. The lowest BCUT2D eigenvalue weighted by atomic mass is 10.0. The maximum atomic E-state index is 12.8. The normalized spacial score (nSPS) is 16.1. The van der Waals surface area contributed by atoms with Crippen molar-refractivity contribution in [2.24, 2.45) is 0 Å². The van der Waals surface area contributed by atoms with Gasteiger partial charge in [-0.2, -0.15) is 0 Å². The lowest BCUT2D eigenvalue weighted by Crippen LogP contribution is -2.34. The fourth-order valence-electron chi connectivity index (χ4n) is 1.29. The Morgan fingerprint density at radius 3 is 2.18 bits per heavy atom. The first-order valence-corrected chi connectivity index (χ1v) is 4.87. The van der Waals surface area contributed by atoms with Crippen molar-refractivity contribution >= 4 is 12.4 Å². The van der Waals surface area contributed by atoms with E-state index in [2.05, 4.69) is 4.74 Å². The SMILES string of the molecule is CCC(O)(OC(F)C(F)F)c1ccccc1.Cl. The zero-order chi connectivity index (χ0) is 12.2. The maximum Gasteiger partial charge on any atom is 0.293 e. The van der Waals surface area contributed by atoms with Gasteiger partial charge in [-0.25, -0.2) is 13.2 Å². The summed E-state index contributed by atoms with van der Waals surface area (Å²) in [4.78, 5) is 0. The average molecular weight is 271 g/mol. The molecule has 2 atom stereocenters. The predicted molar refractivity (Wildman–Crippen MR) is 59.9 cm³/mol. The van der Waals surface area contributed by atoms with Gasteiger partial charge in [-0.1, -0.05) is 37.3 Å². The summed E-state index contributed by atoms with van der Waals surface area (Å²) in [5.74, 6) is -2.02. The molecule has 0 radical (unpaired) electrons. The number of ether oxygens (including phenoxy) is 1. The first-order valence-electron chi connectivity index (χ1n) is 4.87. The van der Waals surface area contributed by atoms with Crippen molar-refractivity contribution in [3.8, 4) is 0 Å². The number of alkyl halides is 3. The number of rotatable bonds is 5. The first kappa shape index (κ1) is 16.2. The molecule has 1 rings (SSSR count). The summed E-state index contributed by atoms with van der Waals surface area (Å²) < 4.78 is 41.1. The van der Waals surface area contributed by atoms with E-state index in [1.807, 2.05) is 0 Å². The fraction of sp³-hybridized carbons (Fsp3) is 0.455. The molecule has 1 aromatic carbocycles. The van der Waals surface area contributed by atoms with Crippen molar-refractivity contribution in [3.05, 3.63) is 35.9 Å². The van der Waals surface area contributed by atoms with Crippen LogP contribution in [0.1, 0.15) is 18.9 Å². The zero-order valence-corrected chi connectivity index (χ0v) is 9.96. The Bertz CT molecular complexity index is 324. The van der Waals surface area contributed by atoms with Crippen molar-refractivity contribution in [2.75, 3.05) is 0 Å². The molecule has 98 valence electrons. The second-order valence-electron chi connectivity index (χ2n) is 3.31. The van der Waals surface area contributed by atoms with E-state index >= 15 is 0 Å². The topological polar surface area (TPSA) is 29.5 Å². The maximum absolute atomic E-state index is 12.8. The van der Waals surface area contributed by atoms with Crippen LogP contribution < -0.4 is 0 Å². The summed E-state index contributed by atoms with van der Waals surface area (Å²) in [6, 6.07) is 7.88. The molecule has 2 nitrogen and oxygen atoms in total. The largest absolute Gasteiger partial charge is 0.362 e. The average Bonchev–Trinajstić information content (AvgIpc) is 2.29. The molecule has 6 heteroatoms. The number of hydrogen-bond donors (Lipinski definition) is 1. The van der Waals surface area contributed by atoms with Crippen molar-refractivity contribution in [1.82, 2.24) is 0 Å². The summed E-state index contributed by atoms with van der Waals surface area (Å²) in [5, 5.41) is 9.92. The smallest absolute Gasteiger partial charge is 0.293 e. The van der Waals surface area contributed by atoms with E-state index in [-0.39, 0.29) is 24.4 Å². The van der Waals surface area contributed by atoms with Gasteiger partial charge < -0.3 is 9.84 Å². The van der Waals surface area contributed by atoms with Gasteiger partial charge in [0.1, 0.15) is 0 Å². The highest BCUT2D eigenvalue weighted by Gasteiger charge is 2.35. The van der Waals surface area contributed by atoms with Gasteiger partial charge >= 0.3 is 0 Å². The van der Waals surface area contributed by atoms with Crippen LogP contribution in [0.15, 0.2) is 30.3 Å². The van der Waals surface area contributed by atoms with E-state index in [1.165, 1.54) is 19.1 Å². The fourth-order valence-corrected chi connectivity index (χ4v) is 1.29. The molecular formula is C11H14ClF3O2. The molecule has 0 saturated heterocycles. The van der Waals surface area contributed by atoms with Crippen molar-refractivity contribution in [1.29, 1.82) is 0 Å². The molecule has 0 bridgehead atoms. The summed E-state index contributed by atoms with van der Waals surface area (Å²) in [6.45, 7) is 1.52. The van der Waals surface area contributed by atoms with Crippen LogP contribution in [0.3, 0.4) is 0 Å². The monoisotopic (exact) mass is 270 g/mol. The predicted octanol–water partition coefficient (Wildman–Crippen LogP) is 3.24. The highest BCUT2D eigenvalue weighted by atomic mass is 35.5. The third-order valence-electron chi connectivity index (χ3n) is 2.21. The number of benzene rings is 1. The second kappa shape index (κ2) is 6.83. The molecular weight excluding hydrogens is 257 g/mol. The van der Waals surface area contributed by atoms with Crippen molar-refractivity contribution < 1.29 is 23.0 Å². The van der Waals surface area contributed by atoms with Gasteiger partial charge in [-0.15, -0.1) is 12.4 Å². The van der Waals surface area contributed by atoms with Crippen molar-refractivity contribution in [3.63, 3.8) is 0 Å². The standard InChI is InChI=1S/C11H13F3O2.ClH/c1-2-11(15,16-10(14)9(12)13)8-6-4-3-5-7-8;/h3-7,9-10,15H,2H2,1H3;1H. The van der Waals surface area contributed by atoms with E-state index in [9.17, 15) is 18.3 Å². The molecule has 0 saturated carbocycles. The Morgan fingerprint density at radius 1 is 1.24 bits per heavy atom. The second-order valence-corrected chi connectivity index (χ2v) is 3.31. The van der Waals surface area contributed by atoms with Crippen molar-refractivity contribution in [2.45, 2.75) is 31.9 Å². The lowest BCUT2D eigenvalue weighted by Gasteiger charge is -2.28. The molecule has 17 heavy (non-hydrogen) atoms. The van der Waals surface area contributed by atoms with E-state index in [1.54, 1.807) is 18.2 Å². The molecule has 0 heterocycles. The van der Waals surface area contributed by atoms with E-state index in [0.29, 0.717) is 0 Å². The van der Waals surface area contributed by atoms with Crippen LogP contribution in [0, 0.1) is 0 Å². The van der Waals surface area contributed by atoms with E-state index in [4.69, 9.17) is 0 Å². The lowest BCUT2D eigenvalue weighted by molar-refractivity contribution is -0.293. The number of aliphatic hydroxyl groups is 1. The summed E-state index contributed by atoms with van der Waals surface area (Å²) in [6.07, 6.45) is -6.10. The van der Waals surface area contributed by atoms with Crippen LogP contribution in [0.5, 0.6) is 0 Å². The van der Waals surface area contributed by atoms with Gasteiger partial charge in [0.2, 0.25) is 0 Å².